The Morgan fingerprint density at radius 1 is 1.05 bits per heavy atom. The van der Waals surface area contributed by atoms with E-state index in [-0.39, 0.29) is 17.0 Å². The lowest BCUT2D eigenvalue weighted by Gasteiger charge is -2.09. The molecule has 1 heterocycles. The van der Waals surface area contributed by atoms with Crippen molar-refractivity contribution in [3.8, 4) is 16.9 Å². The van der Waals surface area contributed by atoms with E-state index in [4.69, 9.17) is 16.3 Å². The number of carbonyl (C=O) groups is 2. The summed E-state index contributed by atoms with van der Waals surface area (Å²) in [6.07, 6.45) is 1.36. The smallest absolute Gasteiger partial charge is 0.343 e. The van der Waals surface area contributed by atoms with E-state index in [0.29, 0.717) is 31.9 Å². The van der Waals surface area contributed by atoms with Gasteiger partial charge in [0.1, 0.15) is 11.4 Å². The van der Waals surface area contributed by atoms with Crippen molar-refractivity contribution in [1.82, 2.24) is 10.4 Å². The molecule has 5 aromatic rings. The number of halogens is 2. The number of esters is 1. The number of hydrogen-bond donors (Lipinski definition) is 2. The Kier molecular flexibility index (Phi) is 8.19. The standard InChI is InChI=1S/C31H22BrClN4O5/c1-17-13-18(2)28-24(14-17)27(23-5-3-4-6-25(23)33)29(35-28)30(38)36-34-16-20-15-21(32)9-12-26(20)42-31(39)19-7-10-22(11-8-19)37(40)41/h3-16,35H,1-2H3,(H,36,38). The van der Waals surface area contributed by atoms with Gasteiger partial charge in [-0.2, -0.15) is 5.10 Å². The second-order valence-electron chi connectivity index (χ2n) is 9.43. The van der Waals surface area contributed by atoms with Gasteiger partial charge in [0.2, 0.25) is 0 Å². The van der Waals surface area contributed by atoms with Gasteiger partial charge in [-0.15, -0.1) is 0 Å². The number of fused-ring (bicyclic) bond motifs is 1. The molecule has 0 fully saturated rings. The number of H-pyrrole nitrogens is 1. The minimum atomic E-state index is -0.709. The summed E-state index contributed by atoms with van der Waals surface area (Å²) in [5, 5.41) is 16.4. The van der Waals surface area contributed by atoms with E-state index in [1.165, 1.54) is 30.5 Å². The van der Waals surface area contributed by atoms with Crippen LogP contribution in [-0.2, 0) is 0 Å². The lowest BCUT2D eigenvalue weighted by molar-refractivity contribution is -0.384. The Bertz CT molecular complexity index is 1900. The molecule has 210 valence electrons. The number of aromatic amines is 1. The van der Waals surface area contributed by atoms with E-state index in [1.807, 2.05) is 44.2 Å². The molecular weight excluding hydrogens is 624 g/mol. The average Bonchev–Trinajstić information content (AvgIpc) is 3.34. The van der Waals surface area contributed by atoms with Crippen molar-refractivity contribution in [2.75, 3.05) is 0 Å². The first-order valence-corrected chi connectivity index (χ1v) is 13.8. The normalized spacial score (nSPS) is 11.1. The molecule has 42 heavy (non-hydrogen) atoms. The molecule has 0 atom stereocenters. The third kappa shape index (κ3) is 5.95. The van der Waals surface area contributed by atoms with Gasteiger partial charge < -0.3 is 9.72 Å². The van der Waals surface area contributed by atoms with Crippen molar-refractivity contribution in [3.05, 3.63) is 126 Å². The van der Waals surface area contributed by atoms with Crippen molar-refractivity contribution in [1.29, 1.82) is 0 Å². The molecule has 0 aliphatic carbocycles. The Hall–Kier alpha value is -4.80. The van der Waals surface area contributed by atoms with Crippen LogP contribution in [0.5, 0.6) is 5.75 Å². The number of aromatic nitrogens is 1. The number of carbonyl (C=O) groups excluding carboxylic acids is 2. The van der Waals surface area contributed by atoms with Crippen LogP contribution < -0.4 is 10.2 Å². The predicted molar refractivity (Wildman–Crippen MR) is 165 cm³/mol. The molecule has 9 nitrogen and oxygen atoms in total. The number of nitro benzene ring substituents is 1. The fourth-order valence-electron chi connectivity index (χ4n) is 4.57. The van der Waals surface area contributed by atoms with Crippen LogP contribution in [-0.4, -0.2) is 28.0 Å². The summed E-state index contributed by atoms with van der Waals surface area (Å²) in [7, 11) is 0. The number of nitrogens with one attached hydrogen (secondary N) is 2. The van der Waals surface area contributed by atoms with E-state index >= 15 is 0 Å². The third-order valence-corrected chi connectivity index (χ3v) is 7.30. The largest absolute Gasteiger partial charge is 0.422 e. The average molecular weight is 646 g/mol. The van der Waals surface area contributed by atoms with Crippen LogP contribution in [0.25, 0.3) is 22.0 Å². The zero-order valence-corrected chi connectivity index (χ0v) is 24.6. The molecule has 0 spiro atoms. The molecule has 1 aromatic heterocycles. The van der Waals surface area contributed by atoms with Gasteiger partial charge in [-0.1, -0.05) is 57.4 Å². The summed E-state index contributed by atoms with van der Waals surface area (Å²) in [5.74, 6) is -1.03. The van der Waals surface area contributed by atoms with Crippen molar-refractivity contribution in [3.63, 3.8) is 0 Å². The van der Waals surface area contributed by atoms with Crippen LogP contribution in [0.15, 0.2) is 88.4 Å². The summed E-state index contributed by atoms with van der Waals surface area (Å²) in [6, 6.07) is 21.3. The number of nitrogens with zero attached hydrogens (tertiary/aromatic N) is 2. The fourth-order valence-corrected chi connectivity index (χ4v) is 5.18. The summed E-state index contributed by atoms with van der Waals surface area (Å²) in [5.41, 5.74) is 7.45. The Morgan fingerprint density at radius 2 is 1.79 bits per heavy atom. The molecular formula is C31H22BrClN4O5. The summed E-state index contributed by atoms with van der Waals surface area (Å²) >= 11 is 9.94. The molecule has 5 rings (SSSR count). The second kappa shape index (κ2) is 12.0. The molecule has 0 saturated carbocycles. The number of aryl methyl sites for hydroxylation is 2. The topological polar surface area (TPSA) is 127 Å². The molecule has 0 aliphatic rings. The van der Waals surface area contributed by atoms with Crippen LogP contribution >= 0.6 is 27.5 Å². The Balaban J connectivity index is 1.43. The Labute approximate surface area is 253 Å². The van der Waals surface area contributed by atoms with Gasteiger partial charge in [-0.05, 0) is 61.9 Å². The van der Waals surface area contributed by atoms with Crippen molar-refractivity contribution < 1.29 is 19.2 Å². The van der Waals surface area contributed by atoms with E-state index < -0.39 is 16.8 Å². The molecule has 1 amide bonds. The van der Waals surface area contributed by atoms with Gasteiger partial charge in [-0.3, -0.25) is 14.9 Å². The molecule has 0 aliphatic heterocycles. The van der Waals surface area contributed by atoms with Gasteiger partial charge in [-0.25, -0.2) is 10.2 Å². The number of non-ortho nitro benzene ring substituents is 1. The molecule has 11 heteroatoms. The highest BCUT2D eigenvalue weighted by Gasteiger charge is 2.22. The van der Waals surface area contributed by atoms with Crippen LogP contribution in [0.3, 0.4) is 0 Å². The van der Waals surface area contributed by atoms with Gasteiger partial charge in [0.15, 0.2) is 0 Å². The van der Waals surface area contributed by atoms with Crippen molar-refractivity contribution in [2.24, 2.45) is 5.10 Å². The number of rotatable bonds is 7. The van der Waals surface area contributed by atoms with Crippen molar-refractivity contribution >= 4 is 62.2 Å². The number of hydrogen-bond acceptors (Lipinski definition) is 6. The van der Waals surface area contributed by atoms with Gasteiger partial charge in [0.05, 0.1) is 16.7 Å². The first-order chi connectivity index (χ1) is 20.1. The molecule has 4 aromatic carbocycles. The van der Waals surface area contributed by atoms with Crippen LogP contribution in [0, 0.1) is 24.0 Å². The second-order valence-corrected chi connectivity index (χ2v) is 10.8. The highest BCUT2D eigenvalue weighted by Crippen LogP contribution is 2.38. The summed E-state index contributed by atoms with van der Waals surface area (Å²) in [4.78, 5) is 39.8. The molecule has 0 bridgehead atoms. The molecule has 0 radical (unpaired) electrons. The first kappa shape index (κ1) is 28.7. The fraction of sp³-hybridized carbons (Fsp3) is 0.0645. The zero-order chi connectivity index (χ0) is 30.0. The maximum atomic E-state index is 13.5. The van der Waals surface area contributed by atoms with Crippen molar-refractivity contribution in [2.45, 2.75) is 13.8 Å². The van der Waals surface area contributed by atoms with Crippen LogP contribution in [0.4, 0.5) is 5.69 Å². The van der Waals surface area contributed by atoms with E-state index in [0.717, 1.165) is 22.0 Å². The first-order valence-electron chi connectivity index (χ1n) is 12.6. The molecule has 0 unspecified atom stereocenters. The van der Waals surface area contributed by atoms with Gasteiger partial charge in [0, 0.05) is 49.2 Å². The van der Waals surface area contributed by atoms with Crippen LogP contribution in [0.2, 0.25) is 5.02 Å². The van der Waals surface area contributed by atoms with E-state index in [9.17, 15) is 19.7 Å². The quantitative estimate of drug-likeness (QED) is 0.0615. The third-order valence-electron chi connectivity index (χ3n) is 6.48. The molecule has 2 N–H and O–H groups in total. The van der Waals surface area contributed by atoms with E-state index in [2.05, 4.69) is 31.4 Å². The lowest BCUT2D eigenvalue weighted by Crippen LogP contribution is -2.19. The van der Waals surface area contributed by atoms with Gasteiger partial charge in [0.25, 0.3) is 11.6 Å². The number of hydrazone groups is 1. The highest BCUT2D eigenvalue weighted by molar-refractivity contribution is 9.10. The van der Waals surface area contributed by atoms with Gasteiger partial charge >= 0.3 is 5.97 Å². The summed E-state index contributed by atoms with van der Waals surface area (Å²) < 4.78 is 6.22. The minimum Gasteiger partial charge on any atom is -0.422 e. The number of amides is 1. The monoisotopic (exact) mass is 644 g/mol. The maximum Gasteiger partial charge on any atom is 0.343 e. The van der Waals surface area contributed by atoms with E-state index in [1.54, 1.807) is 24.3 Å². The Morgan fingerprint density at radius 3 is 2.50 bits per heavy atom. The minimum absolute atomic E-state index is 0.135. The SMILES string of the molecule is Cc1cc(C)c2[nH]c(C(=O)NN=Cc3cc(Br)ccc3OC(=O)c3ccc([N+](=O)[O-])cc3)c(-c3ccccc3Cl)c2c1. The molecule has 0 saturated heterocycles. The number of nitro groups is 1. The highest BCUT2D eigenvalue weighted by atomic mass is 79.9. The van der Waals surface area contributed by atoms with Crippen LogP contribution in [0.1, 0.15) is 37.5 Å². The number of ether oxygens (including phenoxy) is 1. The predicted octanol–water partition coefficient (Wildman–Crippen LogP) is 7.76. The number of benzene rings is 4. The maximum absolute atomic E-state index is 13.5. The summed E-state index contributed by atoms with van der Waals surface area (Å²) in [6.45, 7) is 3.96. The zero-order valence-electron chi connectivity index (χ0n) is 22.3. The lowest BCUT2D eigenvalue weighted by atomic mass is 9.99.